The van der Waals surface area contributed by atoms with Crippen molar-refractivity contribution in [2.75, 3.05) is 29.9 Å². The fraction of sp³-hybridized carbons (Fsp3) is 0.500. The highest BCUT2D eigenvalue weighted by atomic mass is 19.1. The molecule has 0 atom stereocenters. The summed E-state index contributed by atoms with van der Waals surface area (Å²) in [7, 11) is 0. The average molecular weight is 332 g/mol. The minimum absolute atomic E-state index is 0.0675. The molecule has 24 heavy (non-hydrogen) atoms. The summed E-state index contributed by atoms with van der Waals surface area (Å²) in [5, 5.41) is 16.8. The first-order chi connectivity index (χ1) is 11.6. The zero-order chi connectivity index (χ0) is 17.1. The van der Waals surface area contributed by atoms with Gasteiger partial charge in [0.1, 0.15) is 5.82 Å². The van der Waals surface area contributed by atoms with Crippen molar-refractivity contribution in [3.8, 4) is 0 Å². The van der Waals surface area contributed by atoms with E-state index in [0.717, 1.165) is 48.6 Å². The van der Waals surface area contributed by atoms with E-state index in [1.165, 1.54) is 0 Å². The number of aliphatic hydroxyl groups excluding tert-OH is 1. The average Bonchev–Trinajstić information content (AvgIpc) is 3.16. The summed E-state index contributed by atoms with van der Waals surface area (Å²) in [4.78, 5) is 2.10. The second kappa shape index (κ2) is 7.21. The van der Waals surface area contributed by atoms with E-state index in [0.29, 0.717) is 18.8 Å². The third-order valence-electron chi connectivity index (χ3n) is 4.71. The summed E-state index contributed by atoms with van der Waals surface area (Å²) >= 11 is 0. The Morgan fingerprint density at radius 2 is 2.00 bits per heavy atom. The van der Waals surface area contributed by atoms with Crippen LogP contribution in [0.15, 0.2) is 18.2 Å². The number of hydrogen-bond donors (Lipinski definition) is 2. The van der Waals surface area contributed by atoms with E-state index in [1.54, 1.807) is 6.07 Å². The van der Waals surface area contributed by atoms with Gasteiger partial charge < -0.3 is 15.3 Å². The molecule has 0 aliphatic carbocycles. The van der Waals surface area contributed by atoms with Crippen molar-refractivity contribution < 1.29 is 9.50 Å². The summed E-state index contributed by atoms with van der Waals surface area (Å²) in [6, 6.07) is 5.36. The van der Waals surface area contributed by atoms with Gasteiger partial charge in [-0.05, 0) is 44.9 Å². The monoisotopic (exact) mass is 332 g/mol. The van der Waals surface area contributed by atoms with Crippen molar-refractivity contribution in [2.24, 2.45) is 0 Å². The van der Waals surface area contributed by atoms with Crippen molar-refractivity contribution in [2.45, 2.75) is 39.8 Å². The van der Waals surface area contributed by atoms with Gasteiger partial charge in [0.25, 0.3) is 0 Å². The summed E-state index contributed by atoms with van der Waals surface area (Å²) in [5.74, 6) is -0.175. The lowest BCUT2D eigenvalue weighted by molar-refractivity contribution is 0.268. The number of aliphatic hydroxyl groups is 1. The van der Waals surface area contributed by atoms with Gasteiger partial charge in [-0.25, -0.2) is 4.39 Å². The van der Waals surface area contributed by atoms with Crippen LogP contribution in [0.25, 0.3) is 0 Å². The fourth-order valence-electron chi connectivity index (χ4n) is 3.32. The maximum atomic E-state index is 14.4. The molecule has 130 valence electrons. The molecule has 1 aliphatic rings. The molecule has 0 spiro atoms. The van der Waals surface area contributed by atoms with Crippen molar-refractivity contribution in [3.05, 3.63) is 41.0 Å². The van der Waals surface area contributed by atoms with Crippen LogP contribution in [0.3, 0.4) is 0 Å². The Morgan fingerprint density at radius 3 is 2.67 bits per heavy atom. The largest absolute Gasteiger partial charge is 0.394 e. The highest BCUT2D eigenvalue weighted by Gasteiger charge is 2.16. The first-order valence-electron chi connectivity index (χ1n) is 8.52. The molecule has 1 aromatic heterocycles. The number of aryl methyl sites for hydroxylation is 1. The number of aromatic nitrogens is 2. The first-order valence-corrected chi connectivity index (χ1v) is 8.52. The third kappa shape index (κ3) is 3.38. The van der Waals surface area contributed by atoms with E-state index in [1.807, 2.05) is 30.7 Å². The number of hydrogen-bond acceptors (Lipinski definition) is 4. The molecule has 2 heterocycles. The molecule has 1 aliphatic heterocycles. The minimum atomic E-state index is -0.175. The van der Waals surface area contributed by atoms with E-state index >= 15 is 0 Å². The molecule has 2 N–H and O–H groups in total. The molecular formula is C18H25FN4O. The molecule has 0 saturated carbocycles. The molecule has 0 amide bonds. The highest BCUT2D eigenvalue weighted by molar-refractivity contribution is 5.57. The minimum Gasteiger partial charge on any atom is -0.394 e. The van der Waals surface area contributed by atoms with Crippen LogP contribution in [0.5, 0.6) is 0 Å². The molecule has 1 aromatic carbocycles. The van der Waals surface area contributed by atoms with Crippen LogP contribution in [0.1, 0.15) is 29.8 Å². The van der Waals surface area contributed by atoms with Gasteiger partial charge in [0.05, 0.1) is 24.5 Å². The second-order valence-electron chi connectivity index (χ2n) is 6.31. The van der Waals surface area contributed by atoms with E-state index in [-0.39, 0.29) is 12.4 Å². The van der Waals surface area contributed by atoms with Crippen LogP contribution < -0.4 is 10.2 Å². The molecule has 1 fully saturated rings. The normalized spacial score (nSPS) is 14.4. The molecule has 1 saturated heterocycles. The highest BCUT2D eigenvalue weighted by Crippen LogP contribution is 2.26. The van der Waals surface area contributed by atoms with E-state index in [9.17, 15) is 4.39 Å². The maximum absolute atomic E-state index is 14.4. The Labute approximate surface area is 142 Å². The lowest BCUT2D eigenvalue weighted by atomic mass is 10.2. The van der Waals surface area contributed by atoms with Crippen molar-refractivity contribution in [3.63, 3.8) is 0 Å². The van der Waals surface area contributed by atoms with Crippen molar-refractivity contribution in [1.29, 1.82) is 0 Å². The summed E-state index contributed by atoms with van der Waals surface area (Å²) in [6.07, 6.45) is 2.27. The molecule has 3 rings (SSSR count). The molecule has 6 heteroatoms. The SMILES string of the molecule is Cc1nn(CCO)c(C)c1CNc1ccc(N2CCCC2)c(F)c1. The van der Waals surface area contributed by atoms with Crippen LogP contribution in [-0.4, -0.2) is 34.6 Å². The van der Waals surface area contributed by atoms with Gasteiger partial charge in [-0.3, -0.25) is 4.68 Å². The first kappa shape index (κ1) is 16.8. The Bertz CT molecular complexity index is 707. The molecular weight excluding hydrogens is 307 g/mol. The van der Waals surface area contributed by atoms with Gasteiger partial charge in [0.2, 0.25) is 0 Å². The van der Waals surface area contributed by atoms with Crippen LogP contribution >= 0.6 is 0 Å². The number of nitrogens with zero attached hydrogens (tertiary/aromatic N) is 3. The maximum Gasteiger partial charge on any atom is 0.148 e. The van der Waals surface area contributed by atoms with Gasteiger partial charge >= 0.3 is 0 Å². The van der Waals surface area contributed by atoms with Crippen LogP contribution in [-0.2, 0) is 13.1 Å². The Kier molecular flexibility index (Phi) is 5.04. The molecule has 0 radical (unpaired) electrons. The van der Waals surface area contributed by atoms with E-state index in [4.69, 9.17) is 5.11 Å². The van der Waals surface area contributed by atoms with Gasteiger partial charge in [0, 0.05) is 36.6 Å². The Hall–Kier alpha value is -2.08. The summed E-state index contributed by atoms with van der Waals surface area (Å²) in [5.41, 5.74) is 4.52. The number of nitrogens with one attached hydrogen (secondary N) is 1. The van der Waals surface area contributed by atoms with Gasteiger partial charge in [-0.2, -0.15) is 5.10 Å². The number of rotatable bonds is 6. The molecule has 0 bridgehead atoms. The summed E-state index contributed by atoms with van der Waals surface area (Å²) in [6.45, 7) is 6.96. The predicted molar refractivity (Wildman–Crippen MR) is 94.0 cm³/mol. The standard InChI is InChI=1S/C18H25FN4O/c1-13-16(14(2)23(21-13)9-10-24)12-20-15-5-6-18(17(19)11-15)22-7-3-4-8-22/h5-6,11,20,24H,3-4,7-10,12H2,1-2H3. The molecule has 2 aromatic rings. The lowest BCUT2D eigenvalue weighted by Crippen LogP contribution is -2.19. The van der Waals surface area contributed by atoms with Crippen molar-refractivity contribution >= 4 is 11.4 Å². The zero-order valence-electron chi connectivity index (χ0n) is 14.3. The van der Waals surface area contributed by atoms with E-state index < -0.39 is 0 Å². The number of benzene rings is 1. The summed E-state index contributed by atoms with van der Waals surface area (Å²) < 4.78 is 16.2. The Morgan fingerprint density at radius 1 is 1.25 bits per heavy atom. The zero-order valence-corrected chi connectivity index (χ0v) is 14.3. The lowest BCUT2D eigenvalue weighted by Gasteiger charge is -2.19. The second-order valence-corrected chi connectivity index (χ2v) is 6.31. The third-order valence-corrected chi connectivity index (χ3v) is 4.71. The molecule has 5 nitrogen and oxygen atoms in total. The fourth-order valence-corrected chi connectivity index (χ4v) is 3.32. The van der Waals surface area contributed by atoms with Gasteiger partial charge in [0.15, 0.2) is 0 Å². The smallest absolute Gasteiger partial charge is 0.148 e. The van der Waals surface area contributed by atoms with Crippen LogP contribution in [0.2, 0.25) is 0 Å². The van der Waals surface area contributed by atoms with Crippen LogP contribution in [0, 0.1) is 19.7 Å². The van der Waals surface area contributed by atoms with E-state index in [2.05, 4.69) is 15.3 Å². The van der Waals surface area contributed by atoms with Gasteiger partial charge in [-0.1, -0.05) is 0 Å². The number of anilines is 2. The predicted octanol–water partition coefficient (Wildman–Crippen LogP) is 2.84. The van der Waals surface area contributed by atoms with Crippen LogP contribution in [0.4, 0.5) is 15.8 Å². The van der Waals surface area contributed by atoms with Gasteiger partial charge in [-0.15, -0.1) is 0 Å². The van der Waals surface area contributed by atoms with Crippen molar-refractivity contribution in [1.82, 2.24) is 9.78 Å². The number of halogens is 1. The quantitative estimate of drug-likeness (QED) is 0.854. The Balaban J connectivity index is 1.70. The topological polar surface area (TPSA) is 53.3 Å². The molecule has 0 unspecified atom stereocenters.